The van der Waals surface area contributed by atoms with Crippen molar-refractivity contribution < 1.29 is 4.79 Å². The minimum absolute atomic E-state index is 0.0544. The van der Waals surface area contributed by atoms with Gasteiger partial charge in [0.15, 0.2) is 0 Å². The summed E-state index contributed by atoms with van der Waals surface area (Å²) in [5, 5.41) is 8.85. The van der Waals surface area contributed by atoms with E-state index < -0.39 is 0 Å². The Morgan fingerprint density at radius 3 is 2.29 bits per heavy atom. The average Bonchev–Trinajstić information content (AvgIpc) is 2.74. The van der Waals surface area contributed by atoms with Gasteiger partial charge in [0.05, 0.1) is 17.7 Å². The second-order valence-electron chi connectivity index (χ2n) is 5.90. The minimum atomic E-state index is 0.0544. The number of amides is 1. The molecule has 0 unspecified atom stereocenters. The fraction of sp³-hybridized carbons (Fsp3) is 0.529. The Morgan fingerprint density at radius 2 is 1.67 bits per heavy atom. The summed E-state index contributed by atoms with van der Waals surface area (Å²) >= 11 is 0. The molecule has 2 aliphatic rings. The van der Waals surface area contributed by atoms with Gasteiger partial charge in [-0.1, -0.05) is 12.8 Å². The number of anilines is 1. The van der Waals surface area contributed by atoms with Crippen LogP contribution in [0.5, 0.6) is 0 Å². The zero-order valence-corrected chi connectivity index (χ0v) is 12.3. The van der Waals surface area contributed by atoms with E-state index in [1.165, 1.54) is 25.7 Å². The van der Waals surface area contributed by atoms with Crippen LogP contribution in [0, 0.1) is 11.3 Å². The molecule has 1 amide bonds. The number of carbonyl (C=O) groups excluding carboxylic acids is 1. The number of benzene rings is 1. The van der Waals surface area contributed by atoms with Gasteiger partial charge in [-0.25, -0.2) is 0 Å². The third kappa shape index (κ3) is 2.93. The van der Waals surface area contributed by atoms with Crippen molar-refractivity contribution in [2.24, 2.45) is 0 Å². The van der Waals surface area contributed by atoms with Gasteiger partial charge in [0, 0.05) is 12.2 Å². The number of likely N-dealkylation sites (tertiary alicyclic amines) is 1. The smallest absolute Gasteiger partial charge is 0.244 e. The number of rotatable bonds is 2. The molecule has 0 spiro atoms. The molecule has 0 radical (unpaired) electrons. The Balaban J connectivity index is 1.71. The molecule has 4 nitrogen and oxygen atoms in total. The van der Waals surface area contributed by atoms with Gasteiger partial charge in [0.25, 0.3) is 0 Å². The van der Waals surface area contributed by atoms with Crippen molar-refractivity contribution in [2.75, 3.05) is 24.5 Å². The van der Waals surface area contributed by atoms with E-state index in [9.17, 15) is 4.79 Å². The molecule has 0 N–H and O–H groups in total. The van der Waals surface area contributed by atoms with Gasteiger partial charge in [0.1, 0.15) is 0 Å². The molecule has 0 aliphatic carbocycles. The molecule has 1 atom stereocenters. The topological polar surface area (TPSA) is 47.3 Å². The lowest BCUT2D eigenvalue weighted by Gasteiger charge is -2.26. The predicted molar refractivity (Wildman–Crippen MR) is 82.0 cm³/mol. The lowest BCUT2D eigenvalue weighted by molar-refractivity contribution is -0.121. The molecule has 0 saturated carbocycles. The van der Waals surface area contributed by atoms with Gasteiger partial charge in [-0.05, 0) is 56.6 Å². The summed E-state index contributed by atoms with van der Waals surface area (Å²) in [6, 6.07) is 9.48. The van der Waals surface area contributed by atoms with Crippen molar-refractivity contribution in [3.05, 3.63) is 29.8 Å². The standard InChI is InChI=1S/C17H21N3O/c18-13-14-5-7-15(8-6-14)20-12-9-16(17(20)21)19-10-3-1-2-4-11-19/h5-8,16H,1-4,9-12H2/t16-/m1/s1. The molecule has 21 heavy (non-hydrogen) atoms. The molecule has 3 rings (SSSR count). The second-order valence-corrected chi connectivity index (χ2v) is 5.90. The molecule has 1 aromatic carbocycles. The van der Waals surface area contributed by atoms with E-state index in [1.807, 2.05) is 17.0 Å². The highest BCUT2D eigenvalue weighted by Gasteiger charge is 2.36. The second kappa shape index (κ2) is 6.28. The molecule has 2 heterocycles. The molecule has 2 fully saturated rings. The lowest BCUT2D eigenvalue weighted by atomic mass is 10.2. The zero-order chi connectivity index (χ0) is 14.7. The van der Waals surface area contributed by atoms with Crippen LogP contribution in [0.1, 0.15) is 37.7 Å². The van der Waals surface area contributed by atoms with E-state index in [-0.39, 0.29) is 11.9 Å². The van der Waals surface area contributed by atoms with Gasteiger partial charge >= 0.3 is 0 Å². The minimum Gasteiger partial charge on any atom is -0.311 e. The highest BCUT2D eigenvalue weighted by atomic mass is 16.2. The first-order chi connectivity index (χ1) is 10.3. The summed E-state index contributed by atoms with van der Waals surface area (Å²) in [6.45, 7) is 2.89. The first kappa shape index (κ1) is 14.1. The maximum Gasteiger partial charge on any atom is 0.244 e. The van der Waals surface area contributed by atoms with Gasteiger partial charge in [0.2, 0.25) is 5.91 Å². The molecule has 0 aromatic heterocycles. The Labute approximate surface area is 126 Å². The first-order valence-corrected chi connectivity index (χ1v) is 7.85. The van der Waals surface area contributed by atoms with Crippen LogP contribution in [0.15, 0.2) is 24.3 Å². The number of hydrogen-bond acceptors (Lipinski definition) is 3. The SMILES string of the molecule is N#Cc1ccc(N2CC[C@@H](N3CCCCCC3)C2=O)cc1. The Morgan fingerprint density at radius 1 is 1.00 bits per heavy atom. The van der Waals surface area contributed by atoms with Crippen molar-refractivity contribution >= 4 is 11.6 Å². The predicted octanol–water partition coefficient (Wildman–Crippen LogP) is 2.54. The third-order valence-electron chi connectivity index (χ3n) is 4.57. The van der Waals surface area contributed by atoms with E-state index >= 15 is 0 Å². The maximum absolute atomic E-state index is 12.7. The van der Waals surface area contributed by atoms with Crippen LogP contribution in [-0.2, 0) is 4.79 Å². The van der Waals surface area contributed by atoms with Gasteiger partial charge in [-0.2, -0.15) is 5.26 Å². The van der Waals surface area contributed by atoms with E-state index in [4.69, 9.17) is 5.26 Å². The molecule has 2 saturated heterocycles. The first-order valence-electron chi connectivity index (χ1n) is 7.85. The molecular formula is C17H21N3O. The van der Waals surface area contributed by atoms with Crippen molar-refractivity contribution in [1.29, 1.82) is 5.26 Å². The van der Waals surface area contributed by atoms with Crippen LogP contribution in [0.25, 0.3) is 0 Å². The fourth-order valence-electron chi connectivity index (χ4n) is 3.38. The highest BCUT2D eigenvalue weighted by molar-refractivity contribution is 5.99. The summed E-state index contributed by atoms with van der Waals surface area (Å²) in [6.07, 6.45) is 5.91. The summed E-state index contributed by atoms with van der Waals surface area (Å²) in [5.74, 6) is 0.224. The van der Waals surface area contributed by atoms with Crippen LogP contribution in [0.4, 0.5) is 5.69 Å². The molecule has 2 aliphatic heterocycles. The number of hydrogen-bond donors (Lipinski definition) is 0. The molecular weight excluding hydrogens is 262 g/mol. The van der Waals surface area contributed by atoms with E-state index in [0.29, 0.717) is 5.56 Å². The Bertz CT molecular complexity index is 538. The summed E-state index contributed by atoms with van der Waals surface area (Å²) in [4.78, 5) is 16.9. The van der Waals surface area contributed by atoms with Crippen LogP contribution < -0.4 is 4.90 Å². The van der Waals surface area contributed by atoms with Crippen molar-refractivity contribution in [1.82, 2.24) is 4.90 Å². The van der Waals surface area contributed by atoms with Crippen LogP contribution in [0.3, 0.4) is 0 Å². The Hall–Kier alpha value is -1.86. The van der Waals surface area contributed by atoms with E-state index in [2.05, 4.69) is 11.0 Å². The molecule has 0 bridgehead atoms. The molecule has 1 aromatic rings. The Kier molecular flexibility index (Phi) is 4.21. The van der Waals surface area contributed by atoms with Crippen molar-refractivity contribution in [3.63, 3.8) is 0 Å². The third-order valence-corrected chi connectivity index (χ3v) is 4.57. The molecule has 110 valence electrons. The van der Waals surface area contributed by atoms with Crippen molar-refractivity contribution in [3.8, 4) is 6.07 Å². The van der Waals surface area contributed by atoms with E-state index in [1.54, 1.807) is 12.1 Å². The normalized spacial score (nSPS) is 23.9. The number of nitriles is 1. The van der Waals surface area contributed by atoms with Gasteiger partial charge in [-0.3, -0.25) is 9.69 Å². The highest BCUT2D eigenvalue weighted by Crippen LogP contribution is 2.26. The fourth-order valence-corrected chi connectivity index (χ4v) is 3.38. The lowest BCUT2D eigenvalue weighted by Crippen LogP contribution is -2.42. The quantitative estimate of drug-likeness (QED) is 0.838. The number of carbonyl (C=O) groups is 1. The summed E-state index contributed by atoms with van der Waals surface area (Å²) in [5.41, 5.74) is 1.55. The van der Waals surface area contributed by atoms with Crippen LogP contribution in [-0.4, -0.2) is 36.5 Å². The summed E-state index contributed by atoms with van der Waals surface area (Å²) < 4.78 is 0. The van der Waals surface area contributed by atoms with Crippen molar-refractivity contribution in [2.45, 2.75) is 38.1 Å². The van der Waals surface area contributed by atoms with Gasteiger partial charge < -0.3 is 4.90 Å². The largest absolute Gasteiger partial charge is 0.311 e. The maximum atomic E-state index is 12.7. The van der Waals surface area contributed by atoms with Gasteiger partial charge in [-0.15, -0.1) is 0 Å². The number of nitrogens with zero attached hydrogens (tertiary/aromatic N) is 3. The van der Waals surface area contributed by atoms with E-state index in [0.717, 1.165) is 31.7 Å². The molecule has 4 heteroatoms. The zero-order valence-electron chi connectivity index (χ0n) is 12.3. The average molecular weight is 283 g/mol. The van der Waals surface area contributed by atoms with Crippen LogP contribution >= 0.6 is 0 Å². The van der Waals surface area contributed by atoms with Crippen LogP contribution in [0.2, 0.25) is 0 Å². The summed E-state index contributed by atoms with van der Waals surface area (Å²) in [7, 11) is 0. The monoisotopic (exact) mass is 283 g/mol.